The largest absolute Gasteiger partial charge is 0.332 e. The topological polar surface area (TPSA) is 24.1 Å². The van der Waals surface area contributed by atoms with Crippen LogP contribution in [-0.2, 0) is 12.8 Å². The van der Waals surface area contributed by atoms with Gasteiger partial charge in [-0.05, 0) is 54.4 Å². The molecule has 2 nitrogen and oxygen atoms in total. The van der Waals surface area contributed by atoms with Crippen LogP contribution in [0.25, 0.3) is 0 Å². The minimum atomic E-state index is -0.448. The molecule has 22 heavy (non-hydrogen) atoms. The number of anilines is 2. The molecule has 0 spiro atoms. The minimum absolute atomic E-state index is 0.0657. The lowest BCUT2D eigenvalue weighted by molar-refractivity contribution is 0.628. The molecule has 0 heterocycles. The van der Waals surface area contributed by atoms with Crippen molar-refractivity contribution in [2.75, 3.05) is 10.6 Å². The van der Waals surface area contributed by atoms with Crippen molar-refractivity contribution in [2.45, 2.75) is 26.7 Å². The molecule has 2 aromatic rings. The van der Waals surface area contributed by atoms with Crippen molar-refractivity contribution in [2.24, 2.45) is 0 Å². The summed E-state index contributed by atoms with van der Waals surface area (Å²) >= 11 is 11.1. The fraction of sp³-hybridized carbons (Fsp3) is 0.235. The van der Waals surface area contributed by atoms with E-state index in [0.29, 0.717) is 10.8 Å². The van der Waals surface area contributed by atoms with Crippen molar-refractivity contribution in [1.29, 1.82) is 0 Å². The number of hydrogen-bond acceptors (Lipinski definition) is 1. The molecule has 116 valence electrons. The van der Waals surface area contributed by atoms with Gasteiger partial charge in [0.25, 0.3) is 0 Å². The van der Waals surface area contributed by atoms with E-state index in [-0.39, 0.29) is 5.02 Å². The van der Waals surface area contributed by atoms with Gasteiger partial charge in [0.1, 0.15) is 5.82 Å². The molecule has 0 aromatic heterocycles. The van der Waals surface area contributed by atoms with Crippen molar-refractivity contribution in [3.63, 3.8) is 0 Å². The third-order valence-electron chi connectivity index (χ3n) is 3.41. The predicted molar refractivity (Wildman–Crippen MR) is 96.5 cm³/mol. The Bertz CT molecular complexity index is 666. The maximum atomic E-state index is 13.2. The van der Waals surface area contributed by atoms with Crippen LogP contribution in [0.15, 0.2) is 36.4 Å². The lowest BCUT2D eigenvalue weighted by Crippen LogP contribution is -2.21. The van der Waals surface area contributed by atoms with Crippen molar-refractivity contribution >= 4 is 40.3 Å². The lowest BCUT2D eigenvalue weighted by Gasteiger charge is -2.17. The van der Waals surface area contributed by atoms with Crippen LogP contribution in [-0.4, -0.2) is 5.11 Å². The van der Waals surface area contributed by atoms with Gasteiger partial charge in [-0.3, -0.25) is 0 Å². The molecule has 0 aliphatic carbocycles. The van der Waals surface area contributed by atoms with Gasteiger partial charge in [-0.15, -0.1) is 0 Å². The van der Waals surface area contributed by atoms with Crippen LogP contribution in [0.3, 0.4) is 0 Å². The van der Waals surface area contributed by atoms with E-state index in [0.717, 1.165) is 18.5 Å². The summed E-state index contributed by atoms with van der Waals surface area (Å²) in [6, 6.07) is 10.6. The highest BCUT2D eigenvalue weighted by atomic mass is 35.5. The molecule has 5 heteroatoms. The fourth-order valence-electron chi connectivity index (χ4n) is 2.25. The quantitative estimate of drug-likeness (QED) is 0.730. The summed E-state index contributed by atoms with van der Waals surface area (Å²) in [6.45, 7) is 4.21. The van der Waals surface area contributed by atoms with E-state index in [1.807, 2.05) is 0 Å². The normalized spacial score (nSPS) is 10.4. The van der Waals surface area contributed by atoms with Gasteiger partial charge in [-0.2, -0.15) is 0 Å². The van der Waals surface area contributed by atoms with Gasteiger partial charge in [0.05, 0.1) is 5.02 Å². The number of halogens is 2. The second-order valence-electron chi connectivity index (χ2n) is 4.87. The zero-order valence-corrected chi connectivity index (χ0v) is 14.1. The minimum Gasteiger partial charge on any atom is -0.332 e. The van der Waals surface area contributed by atoms with Crippen LogP contribution in [0.5, 0.6) is 0 Å². The summed E-state index contributed by atoms with van der Waals surface area (Å²) in [4.78, 5) is 0. The smallest absolute Gasteiger partial charge is 0.175 e. The van der Waals surface area contributed by atoms with Crippen molar-refractivity contribution < 1.29 is 4.39 Å². The predicted octanol–water partition coefficient (Wildman–Crippen LogP) is 5.41. The summed E-state index contributed by atoms with van der Waals surface area (Å²) in [7, 11) is 0. The first-order chi connectivity index (χ1) is 10.5. The molecule has 2 rings (SSSR count). The molecule has 0 fully saturated rings. The number of rotatable bonds is 4. The molecule has 0 saturated carbocycles. The molecule has 0 radical (unpaired) electrons. The maximum absolute atomic E-state index is 13.2. The molecule has 2 aromatic carbocycles. The Morgan fingerprint density at radius 3 is 2.27 bits per heavy atom. The van der Waals surface area contributed by atoms with Crippen LogP contribution in [0, 0.1) is 5.82 Å². The Labute approximate surface area is 140 Å². The molecule has 0 aliphatic rings. The highest BCUT2D eigenvalue weighted by Gasteiger charge is 2.08. The monoisotopic (exact) mass is 336 g/mol. The maximum Gasteiger partial charge on any atom is 0.175 e. The first kappa shape index (κ1) is 16.7. The van der Waals surface area contributed by atoms with Crippen molar-refractivity contribution in [3.8, 4) is 0 Å². The van der Waals surface area contributed by atoms with Crippen molar-refractivity contribution in [3.05, 3.63) is 58.4 Å². The van der Waals surface area contributed by atoms with Crippen LogP contribution in [0.4, 0.5) is 15.8 Å². The first-order valence-electron chi connectivity index (χ1n) is 7.19. The van der Waals surface area contributed by atoms with Gasteiger partial charge in [0.2, 0.25) is 0 Å². The average Bonchev–Trinajstić information content (AvgIpc) is 2.51. The number of para-hydroxylation sites is 1. The van der Waals surface area contributed by atoms with Gasteiger partial charge in [0.15, 0.2) is 5.11 Å². The van der Waals surface area contributed by atoms with Gasteiger partial charge in [-0.25, -0.2) is 4.39 Å². The van der Waals surface area contributed by atoms with E-state index in [9.17, 15) is 4.39 Å². The highest BCUT2D eigenvalue weighted by Crippen LogP contribution is 2.24. The van der Waals surface area contributed by atoms with E-state index in [4.69, 9.17) is 23.8 Å². The Balaban J connectivity index is 2.17. The van der Waals surface area contributed by atoms with Crippen LogP contribution in [0.1, 0.15) is 25.0 Å². The van der Waals surface area contributed by atoms with Crippen LogP contribution < -0.4 is 10.6 Å². The molecule has 0 aliphatic heterocycles. The lowest BCUT2D eigenvalue weighted by atomic mass is 10.0. The van der Waals surface area contributed by atoms with Gasteiger partial charge in [-0.1, -0.05) is 43.6 Å². The standard InChI is InChI=1S/C17H18ClFN2S/c1-3-11-6-5-7-12(4-2)16(11)21-17(22)20-13-8-9-15(19)14(18)10-13/h5-10H,3-4H2,1-2H3,(H2,20,21,22). The highest BCUT2D eigenvalue weighted by molar-refractivity contribution is 7.80. The van der Waals surface area contributed by atoms with E-state index in [1.54, 1.807) is 6.07 Å². The summed E-state index contributed by atoms with van der Waals surface area (Å²) in [5.41, 5.74) is 4.11. The van der Waals surface area contributed by atoms with Gasteiger partial charge >= 0.3 is 0 Å². The molecule has 0 unspecified atom stereocenters. The second-order valence-corrected chi connectivity index (χ2v) is 5.68. The van der Waals surface area contributed by atoms with Crippen molar-refractivity contribution in [1.82, 2.24) is 0 Å². The van der Waals surface area contributed by atoms with Gasteiger partial charge in [0, 0.05) is 11.4 Å². The molecule has 2 N–H and O–H groups in total. The Morgan fingerprint density at radius 1 is 1.09 bits per heavy atom. The van der Waals surface area contributed by atoms with E-state index >= 15 is 0 Å². The number of nitrogens with one attached hydrogen (secondary N) is 2. The molecule has 0 saturated heterocycles. The average molecular weight is 337 g/mol. The Kier molecular flexibility index (Phi) is 5.75. The number of benzene rings is 2. The third kappa shape index (κ3) is 3.96. The molecule has 0 bridgehead atoms. The van der Waals surface area contributed by atoms with E-state index < -0.39 is 5.82 Å². The number of hydrogen-bond donors (Lipinski definition) is 2. The third-order valence-corrected chi connectivity index (χ3v) is 3.91. The zero-order valence-electron chi connectivity index (χ0n) is 12.5. The van der Waals surface area contributed by atoms with Crippen LogP contribution in [0.2, 0.25) is 5.02 Å². The van der Waals surface area contributed by atoms with E-state index in [1.165, 1.54) is 23.3 Å². The number of aryl methyl sites for hydroxylation is 2. The Morgan fingerprint density at radius 2 is 1.73 bits per heavy atom. The first-order valence-corrected chi connectivity index (χ1v) is 7.97. The Hall–Kier alpha value is -1.65. The molecule has 0 amide bonds. The molecular formula is C17H18ClFN2S. The number of thiocarbonyl (C=S) groups is 1. The second kappa shape index (κ2) is 7.56. The molecular weight excluding hydrogens is 319 g/mol. The summed E-state index contributed by atoms with van der Waals surface area (Å²) < 4.78 is 13.2. The summed E-state index contributed by atoms with van der Waals surface area (Å²) in [5, 5.41) is 6.80. The summed E-state index contributed by atoms with van der Waals surface area (Å²) in [6.07, 6.45) is 1.84. The molecule has 0 atom stereocenters. The van der Waals surface area contributed by atoms with E-state index in [2.05, 4.69) is 42.7 Å². The zero-order chi connectivity index (χ0) is 16.1. The fourth-order valence-corrected chi connectivity index (χ4v) is 2.65. The SMILES string of the molecule is CCc1cccc(CC)c1NC(=S)Nc1ccc(F)c(Cl)c1. The van der Waals surface area contributed by atoms with Crippen LogP contribution >= 0.6 is 23.8 Å². The summed E-state index contributed by atoms with van der Waals surface area (Å²) in [5.74, 6) is -0.448. The van der Waals surface area contributed by atoms with Gasteiger partial charge < -0.3 is 10.6 Å².